The largest absolute Gasteiger partial charge is 0.458 e. The highest BCUT2D eigenvalue weighted by atomic mass is 19.1. The number of rotatable bonds is 4. The van der Waals surface area contributed by atoms with Crippen molar-refractivity contribution in [3.8, 4) is 0 Å². The average Bonchev–Trinajstić information content (AvgIpc) is 3.22. The van der Waals surface area contributed by atoms with Gasteiger partial charge in [-0.2, -0.15) is 0 Å². The summed E-state index contributed by atoms with van der Waals surface area (Å²) in [6, 6.07) is 6.63. The SMILES string of the molecule is C=C1CCC2C3(C)COC(c4ccccc4F)OC3CCC2(C)C1CC(O)C1=CCOC1=O. The molecule has 2 aliphatic carbocycles. The first-order valence-corrected chi connectivity index (χ1v) is 12.0. The summed E-state index contributed by atoms with van der Waals surface area (Å²) >= 11 is 0. The van der Waals surface area contributed by atoms with Crippen LogP contribution in [0.25, 0.3) is 0 Å². The standard InChI is InChI=1S/C27H33FO5/c1-16-8-9-22-26(2,19(16)14-21(29)18-11-13-31-24(18)30)12-10-23-27(22,3)15-32-25(33-23)17-6-4-5-7-20(17)28/h4-7,11,19,21-23,25,29H,1,8-10,12-15H2,2-3H3. The molecule has 0 aromatic heterocycles. The molecule has 6 heteroatoms. The van der Waals surface area contributed by atoms with Crippen LogP contribution in [0.1, 0.15) is 57.8 Å². The molecule has 1 aromatic carbocycles. The van der Waals surface area contributed by atoms with Gasteiger partial charge in [0.25, 0.3) is 0 Å². The van der Waals surface area contributed by atoms with E-state index in [9.17, 15) is 14.3 Å². The van der Waals surface area contributed by atoms with Gasteiger partial charge < -0.3 is 19.3 Å². The quantitative estimate of drug-likeness (QED) is 0.518. The van der Waals surface area contributed by atoms with E-state index in [0.717, 1.165) is 31.3 Å². The first-order chi connectivity index (χ1) is 15.7. The topological polar surface area (TPSA) is 65.0 Å². The van der Waals surface area contributed by atoms with Crippen LogP contribution in [-0.2, 0) is 19.0 Å². The summed E-state index contributed by atoms with van der Waals surface area (Å²) in [4.78, 5) is 12.0. The van der Waals surface area contributed by atoms with Crippen molar-refractivity contribution in [1.82, 2.24) is 0 Å². The molecule has 4 aliphatic rings. The highest BCUT2D eigenvalue weighted by Gasteiger charge is 2.60. The monoisotopic (exact) mass is 456 g/mol. The number of allylic oxidation sites excluding steroid dienone is 1. The van der Waals surface area contributed by atoms with Gasteiger partial charge in [0.05, 0.1) is 24.4 Å². The van der Waals surface area contributed by atoms with Gasteiger partial charge in [0.15, 0.2) is 6.29 Å². The first-order valence-electron chi connectivity index (χ1n) is 12.0. The summed E-state index contributed by atoms with van der Waals surface area (Å²) < 4.78 is 31.9. The number of carbonyl (C=O) groups is 1. The minimum atomic E-state index is -0.854. The molecular weight excluding hydrogens is 423 g/mol. The van der Waals surface area contributed by atoms with Gasteiger partial charge in [0, 0.05) is 11.0 Å². The Hall–Kier alpha value is -2.02. The number of fused-ring (bicyclic) bond motifs is 3. The Labute approximate surface area is 194 Å². The fourth-order valence-electron chi connectivity index (χ4n) is 7.09. The Morgan fingerprint density at radius 1 is 1.24 bits per heavy atom. The Morgan fingerprint density at radius 2 is 2.03 bits per heavy atom. The van der Waals surface area contributed by atoms with Gasteiger partial charge in [-0.15, -0.1) is 0 Å². The molecule has 7 atom stereocenters. The van der Waals surface area contributed by atoms with Gasteiger partial charge in [-0.25, -0.2) is 9.18 Å². The lowest BCUT2D eigenvalue weighted by molar-refractivity contribution is -0.308. The van der Waals surface area contributed by atoms with Crippen LogP contribution in [0.2, 0.25) is 0 Å². The van der Waals surface area contributed by atoms with Crippen molar-refractivity contribution < 1.29 is 28.5 Å². The molecule has 1 N–H and O–H groups in total. The van der Waals surface area contributed by atoms with Gasteiger partial charge in [0.1, 0.15) is 12.4 Å². The summed E-state index contributed by atoms with van der Waals surface area (Å²) in [6.45, 7) is 9.62. The van der Waals surface area contributed by atoms with E-state index in [2.05, 4.69) is 20.4 Å². The van der Waals surface area contributed by atoms with Gasteiger partial charge in [-0.05, 0) is 61.5 Å². The summed E-state index contributed by atoms with van der Waals surface area (Å²) in [5, 5.41) is 10.9. The molecule has 2 saturated carbocycles. The highest BCUT2D eigenvalue weighted by Crippen LogP contribution is 2.64. The third kappa shape index (κ3) is 3.67. The molecule has 0 bridgehead atoms. The molecule has 0 radical (unpaired) electrons. The van der Waals surface area contributed by atoms with E-state index < -0.39 is 18.4 Å². The van der Waals surface area contributed by atoms with E-state index in [1.807, 2.05) is 0 Å². The number of hydrogen-bond donors (Lipinski definition) is 1. The highest BCUT2D eigenvalue weighted by molar-refractivity contribution is 5.91. The summed E-state index contributed by atoms with van der Waals surface area (Å²) in [7, 11) is 0. The number of aliphatic hydroxyl groups is 1. The molecule has 3 fully saturated rings. The zero-order valence-electron chi connectivity index (χ0n) is 19.4. The molecule has 2 heterocycles. The van der Waals surface area contributed by atoms with Crippen molar-refractivity contribution >= 4 is 5.97 Å². The second kappa shape index (κ2) is 8.33. The van der Waals surface area contributed by atoms with Crippen LogP contribution >= 0.6 is 0 Å². The van der Waals surface area contributed by atoms with E-state index in [0.29, 0.717) is 30.1 Å². The average molecular weight is 457 g/mol. The first kappa shape index (κ1) is 22.8. The van der Waals surface area contributed by atoms with Crippen LogP contribution in [0.4, 0.5) is 4.39 Å². The maximum atomic E-state index is 14.4. The zero-order valence-corrected chi connectivity index (χ0v) is 19.4. The Kier molecular flexibility index (Phi) is 5.74. The molecule has 1 aromatic rings. The summed E-state index contributed by atoms with van der Waals surface area (Å²) in [5.74, 6) is -0.343. The molecular formula is C27H33FO5. The lowest BCUT2D eigenvalue weighted by Crippen LogP contribution is -2.60. The lowest BCUT2D eigenvalue weighted by Gasteiger charge is -2.62. The van der Waals surface area contributed by atoms with Crippen molar-refractivity contribution in [1.29, 1.82) is 0 Å². The number of halogens is 1. The lowest BCUT2D eigenvalue weighted by atomic mass is 9.45. The fourth-order valence-corrected chi connectivity index (χ4v) is 7.09. The molecule has 1 saturated heterocycles. The molecule has 178 valence electrons. The maximum absolute atomic E-state index is 14.4. The van der Waals surface area contributed by atoms with Crippen LogP contribution in [0.5, 0.6) is 0 Å². The number of aliphatic hydroxyl groups excluding tert-OH is 1. The third-order valence-electron chi connectivity index (χ3n) is 8.88. The van der Waals surface area contributed by atoms with Gasteiger partial charge in [-0.1, -0.05) is 44.2 Å². The molecule has 0 amide bonds. The Bertz CT molecular complexity index is 988. The van der Waals surface area contributed by atoms with Crippen LogP contribution in [0.3, 0.4) is 0 Å². The van der Waals surface area contributed by atoms with E-state index >= 15 is 0 Å². The van der Waals surface area contributed by atoms with E-state index in [1.165, 1.54) is 6.07 Å². The summed E-state index contributed by atoms with van der Waals surface area (Å²) in [6.07, 6.45) is 4.19. The van der Waals surface area contributed by atoms with Crippen molar-refractivity contribution in [2.45, 2.75) is 64.4 Å². The predicted octanol–water partition coefficient (Wildman–Crippen LogP) is 4.86. The molecule has 5 rings (SSSR count). The van der Waals surface area contributed by atoms with Crippen LogP contribution in [0, 0.1) is 28.5 Å². The number of benzene rings is 1. The molecule has 7 unspecified atom stereocenters. The predicted molar refractivity (Wildman–Crippen MR) is 120 cm³/mol. The van der Waals surface area contributed by atoms with Crippen LogP contribution < -0.4 is 0 Å². The fraction of sp³-hybridized carbons (Fsp3) is 0.593. The zero-order chi connectivity index (χ0) is 23.4. The van der Waals surface area contributed by atoms with Gasteiger partial charge >= 0.3 is 5.97 Å². The number of esters is 1. The molecule has 0 spiro atoms. The normalized spacial score (nSPS) is 39.3. The summed E-state index contributed by atoms with van der Waals surface area (Å²) in [5.41, 5.74) is 1.64. The van der Waals surface area contributed by atoms with Crippen molar-refractivity contribution in [3.05, 3.63) is 59.4 Å². The van der Waals surface area contributed by atoms with Crippen LogP contribution in [-0.4, -0.2) is 36.5 Å². The minimum absolute atomic E-state index is 0.0293. The number of ether oxygens (including phenoxy) is 3. The molecule has 2 aliphatic heterocycles. The second-order valence-corrected chi connectivity index (χ2v) is 10.7. The molecule has 33 heavy (non-hydrogen) atoms. The molecule has 5 nitrogen and oxygen atoms in total. The van der Waals surface area contributed by atoms with Crippen molar-refractivity contribution in [3.63, 3.8) is 0 Å². The van der Waals surface area contributed by atoms with Crippen molar-refractivity contribution in [2.24, 2.45) is 22.7 Å². The van der Waals surface area contributed by atoms with E-state index in [1.54, 1.807) is 24.3 Å². The number of hydrogen-bond acceptors (Lipinski definition) is 5. The smallest absolute Gasteiger partial charge is 0.336 e. The van der Waals surface area contributed by atoms with Crippen molar-refractivity contribution in [2.75, 3.05) is 13.2 Å². The number of carbonyl (C=O) groups excluding carboxylic acids is 1. The van der Waals surface area contributed by atoms with Gasteiger partial charge in [0.2, 0.25) is 0 Å². The van der Waals surface area contributed by atoms with E-state index in [-0.39, 0.29) is 35.3 Å². The third-order valence-corrected chi connectivity index (χ3v) is 8.88. The van der Waals surface area contributed by atoms with Gasteiger partial charge in [-0.3, -0.25) is 0 Å². The minimum Gasteiger partial charge on any atom is -0.458 e. The second-order valence-electron chi connectivity index (χ2n) is 10.7. The Morgan fingerprint density at radius 3 is 2.76 bits per heavy atom. The van der Waals surface area contributed by atoms with Crippen LogP contribution in [0.15, 0.2) is 48.1 Å². The maximum Gasteiger partial charge on any atom is 0.336 e. The number of cyclic esters (lactones) is 1. The Balaban J connectivity index is 1.38. The van der Waals surface area contributed by atoms with E-state index in [4.69, 9.17) is 14.2 Å².